The molecule has 0 atom stereocenters. The van der Waals surface area contributed by atoms with Crippen molar-refractivity contribution in [1.82, 2.24) is 15.1 Å². The molecule has 7 nitrogen and oxygen atoms in total. The number of hydrogen-bond donors (Lipinski definition) is 2. The molecule has 0 bridgehead atoms. The Kier molecular flexibility index (Phi) is 6.01. The second-order valence-corrected chi connectivity index (χ2v) is 8.10. The quantitative estimate of drug-likeness (QED) is 0.673. The average molecular weight is 422 g/mol. The standard InChI is InChI=1S/C23H23FN4O3/c1-14-13-19(29)20(27-28(14)18-8-6-5-7-17(18)24)22(31)25-16-11-9-15(10-12-16)21(30)26-23(2,3)4/h5-13H,1-4H3,(H,25,31)(H,26,30). The highest BCUT2D eigenvalue weighted by Crippen LogP contribution is 2.15. The number of benzene rings is 2. The second kappa shape index (κ2) is 8.51. The molecule has 0 aliphatic heterocycles. The van der Waals surface area contributed by atoms with E-state index in [0.29, 0.717) is 16.9 Å². The van der Waals surface area contributed by atoms with Crippen LogP contribution in [0.15, 0.2) is 59.4 Å². The summed E-state index contributed by atoms with van der Waals surface area (Å²) in [6.07, 6.45) is 0. The molecule has 8 heteroatoms. The zero-order valence-corrected chi connectivity index (χ0v) is 17.7. The Morgan fingerprint density at radius 2 is 1.65 bits per heavy atom. The van der Waals surface area contributed by atoms with Crippen LogP contribution in [0.25, 0.3) is 5.69 Å². The largest absolute Gasteiger partial charge is 0.347 e. The lowest BCUT2D eigenvalue weighted by atomic mass is 10.1. The number of amides is 2. The Bertz CT molecular complexity index is 1190. The van der Waals surface area contributed by atoms with Gasteiger partial charge in [-0.05, 0) is 64.1 Å². The second-order valence-electron chi connectivity index (χ2n) is 8.10. The summed E-state index contributed by atoms with van der Waals surface area (Å²) in [6, 6.07) is 13.4. The topological polar surface area (TPSA) is 93.1 Å². The van der Waals surface area contributed by atoms with Crippen LogP contribution in [0.5, 0.6) is 0 Å². The van der Waals surface area contributed by atoms with Gasteiger partial charge in [0.25, 0.3) is 11.8 Å². The fourth-order valence-corrected chi connectivity index (χ4v) is 2.88. The molecule has 0 unspecified atom stereocenters. The first-order valence-corrected chi connectivity index (χ1v) is 9.65. The SMILES string of the molecule is Cc1cc(=O)c(C(=O)Nc2ccc(C(=O)NC(C)(C)C)cc2)nn1-c1ccccc1F. The minimum absolute atomic E-state index is 0.128. The van der Waals surface area contributed by atoms with Crippen molar-refractivity contribution in [3.8, 4) is 5.69 Å². The van der Waals surface area contributed by atoms with Gasteiger partial charge in [-0.1, -0.05) is 12.1 Å². The van der Waals surface area contributed by atoms with Gasteiger partial charge in [-0.25, -0.2) is 9.07 Å². The molecule has 0 spiro atoms. The summed E-state index contributed by atoms with van der Waals surface area (Å²) in [5.41, 5.74) is 0.00951. The molecule has 2 aromatic carbocycles. The summed E-state index contributed by atoms with van der Waals surface area (Å²) in [5, 5.41) is 9.51. The van der Waals surface area contributed by atoms with Gasteiger partial charge in [0.2, 0.25) is 5.43 Å². The Morgan fingerprint density at radius 1 is 1.00 bits per heavy atom. The number of aryl methyl sites for hydroxylation is 1. The van der Waals surface area contributed by atoms with Gasteiger partial charge < -0.3 is 10.6 Å². The maximum absolute atomic E-state index is 14.2. The van der Waals surface area contributed by atoms with Crippen molar-refractivity contribution in [2.75, 3.05) is 5.32 Å². The molecule has 1 heterocycles. The van der Waals surface area contributed by atoms with Crippen LogP contribution in [0.4, 0.5) is 10.1 Å². The molecule has 0 saturated carbocycles. The van der Waals surface area contributed by atoms with E-state index in [0.717, 1.165) is 0 Å². The number of aromatic nitrogens is 2. The van der Waals surface area contributed by atoms with E-state index in [2.05, 4.69) is 15.7 Å². The van der Waals surface area contributed by atoms with Crippen LogP contribution in [0.2, 0.25) is 0 Å². The van der Waals surface area contributed by atoms with Gasteiger partial charge in [-0.3, -0.25) is 14.4 Å². The molecule has 0 radical (unpaired) electrons. The van der Waals surface area contributed by atoms with Crippen molar-refractivity contribution < 1.29 is 14.0 Å². The van der Waals surface area contributed by atoms with Crippen LogP contribution in [-0.4, -0.2) is 27.1 Å². The van der Waals surface area contributed by atoms with E-state index in [-0.39, 0.29) is 22.8 Å². The van der Waals surface area contributed by atoms with Crippen LogP contribution < -0.4 is 16.1 Å². The van der Waals surface area contributed by atoms with E-state index in [1.165, 1.54) is 28.9 Å². The molecule has 1 aromatic heterocycles. The molecule has 160 valence electrons. The minimum atomic E-state index is -0.734. The molecule has 31 heavy (non-hydrogen) atoms. The molecular weight excluding hydrogens is 399 g/mol. The van der Waals surface area contributed by atoms with Crippen LogP contribution in [0.1, 0.15) is 47.3 Å². The molecule has 2 amide bonds. The number of hydrogen-bond acceptors (Lipinski definition) is 4. The molecule has 0 aliphatic carbocycles. The van der Waals surface area contributed by atoms with Crippen molar-refractivity contribution in [1.29, 1.82) is 0 Å². The van der Waals surface area contributed by atoms with E-state index >= 15 is 0 Å². The smallest absolute Gasteiger partial charge is 0.280 e. The maximum Gasteiger partial charge on any atom is 0.280 e. The van der Waals surface area contributed by atoms with E-state index in [1.807, 2.05) is 20.8 Å². The fraction of sp³-hybridized carbons (Fsp3) is 0.217. The van der Waals surface area contributed by atoms with Gasteiger partial charge in [0.1, 0.15) is 11.5 Å². The first-order chi connectivity index (χ1) is 14.5. The third-order valence-electron chi connectivity index (χ3n) is 4.30. The van der Waals surface area contributed by atoms with E-state index in [1.54, 1.807) is 37.3 Å². The third kappa shape index (κ3) is 5.22. The van der Waals surface area contributed by atoms with Crippen molar-refractivity contribution >= 4 is 17.5 Å². The summed E-state index contributed by atoms with van der Waals surface area (Å²) in [4.78, 5) is 37.2. The number of halogens is 1. The highest BCUT2D eigenvalue weighted by molar-refractivity contribution is 6.03. The van der Waals surface area contributed by atoms with E-state index < -0.39 is 17.2 Å². The highest BCUT2D eigenvalue weighted by atomic mass is 19.1. The summed E-state index contributed by atoms with van der Waals surface area (Å²) in [7, 11) is 0. The lowest BCUT2D eigenvalue weighted by molar-refractivity contribution is 0.0919. The number of nitrogens with one attached hydrogen (secondary N) is 2. The predicted octanol–water partition coefficient (Wildman–Crippen LogP) is 3.46. The van der Waals surface area contributed by atoms with Gasteiger partial charge >= 0.3 is 0 Å². The van der Waals surface area contributed by atoms with E-state index in [9.17, 15) is 18.8 Å². The fourth-order valence-electron chi connectivity index (χ4n) is 2.88. The number of para-hydroxylation sites is 1. The summed E-state index contributed by atoms with van der Waals surface area (Å²) >= 11 is 0. The number of carbonyl (C=O) groups excluding carboxylic acids is 2. The van der Waals surface area contributed by atoms with Crippen molar-refractivity contribution in [3.63, 3.8) is 0 Å². The van der Waals surface area contributed by atoms with Crippen LogP contribution in [-0.2, 0) is 0 Å². The van der Waals surface area contributed by atoms with Crippen LogP contribution in [0.3, 0.4) is 0 Å². The zero-order valence-electron chi connectivity index (χ0n) is 17.7. The summed E-state index contributed by atoms with van der Waals surface area (Å²) in [6.45, 7) is 7.23. The minimum Gasteiger partial charge on any atom is -0.347 e. The van der Waals surface area contributed by atoms with Crippen LogP contribution in [0, 0.1) is 12.7 Å². The Morgan fingerprint density at radius 3 is 2.26 bits per heavy atom. The number of rotatable bonds is 4. The number of carbonyl (C=O) groups is 2. The lowest BCUT2D eigenvalue weighted by Gasteiger charge is -2.20. The predicted molar refractivity (Wildman–Crippen MR) is 116 cm³/mol. The van der Waals surface area contributed by atoms with Gasteiger partial charge in [-0.15, -0.1) is 0 Å². The highest BCUT2D eigenvalue weighted by Gasteiger charge is 2.18. The monoisotopic (exact) mass is 422 g/mol. The van der Waals surface area contributed by atoms with E-state index in [4.69, 9.17) is 0 Å². The Hall–Kier alpha value is -3.81. The van der Waals surface area contributed by atoms with Crippen LogP contribution >= 0.6 is 0 Å². The van der Waals surface area contributed by atoms with Crippen molar-refractivity contribution in [2.24, 2.45) is 0 Å². The normalized spacial score (nSPS) is 11.1. The molecule has 0 saturated heterocycles. The van der Waals surface area contributed by atoms with Crippen molar-refractivity contribution in [2.45, 2.75) is 33.2 Å². The first kappa shape index (κ1) is 21.9. The Balaban J connectivity index is 1.84. The summed E-state index contributed by atoms with van der Waals surface area (Å²) in [5.74, 6) is -1.50. The van der Waals surface area contributed by atoms with Crippen molar-refractivity contribution in [3.05, 3.63) is 87.6 Å². The zero-order chi connectivity index (χ0) is 22.8. The lowest BCUT2D eigenvalue weighted by Crippen LogP contribution is -2.40. The van der Waals surface area contributed by atoms with Gasteiger partial charge in [0.15, 0.2) is 5.69 Å². The first-order valence-electron chi connectivity index (χ1n) is 9.65. The molecular formula is C23H23FN4O3. The number of anilines is 1. The molecule has 0 aliphatic rings. The van der Waals surface area contributed by atoms with Gasteiger partial charge in [0.05, 0.1) is 0 Å². The maximum atomic E-state index is 14.2. The number of nitrogens with zero attached hydrogens (tertiary/aromatic N) is 2. The Labute approximate surface area is 178 Å². The molecule has 0 fully saturated rings. The molecule has 3 rings (SSSR count). The molecule has 3 aromatic rings. The summed E-state index contributed by atoms with van der Waals surface area (Å²) < 4.78 is 15.4. The van der Waals surface area contributed by atoms with Gasteiger partial charge in [-0.2, -0.15) is 5.10 Å². The third-order valence-corrected chi connectivity index (χ3v) is 4.30. The van der Waals surface area contributed by atoms with Gasteiger partial charge in [0, 0.05) is 28.6 Å². The average Bonchev–Trinajstić information content (AvgIpc) is 2.68. The molecule has 2 N–H and O–H groups in total.